The van der Waals surface area contributed by atoms with Crippen LogP contribution in [0.25, 0.3) is 0 Å². The lowest BCUT2D eigenvalue weighted by Gasteiger charge is -2.24. The molecule has 1 aliphatic rings. The van der Waals surface area contributed by atoms with Crippen molar-refractivity contribution in [2.45, 2.75) is 19.3 Å². The minimum Gasteiger partial charge on any atom is -0.495 e. The Morgan fingerprint density at radius 1 is 1.22 bits per heavy atom. The van der Waals surface area contributed by atoms with Gasteiger partial charge in [-0.3, -0.25) is 19.4 Å². The van der Waals surface area contributed by atoms with Crippen molar-refractivity contribution in [1.82, 2.24) is 9.97 Å². The van der Waals surface area contributed by atoms with Crippen molar-refractivity contribution in [2.75, 3.05) is 23.1 Å². The lowest BCUT2D eigenvalue weighted by atomic mass is 9.92. The van der Waals surface area contributed by atoms with Crippen molar-refractivity contribution in [3.05, 3.63) is 69.0 Å². The molecule has 0 fully saturated rings. The van der Waals surface area contributed by atoms with E-state index in [-0.39, 0.29) is 23.8 Å². The van der Waals surface area contributed by atoms with E-state index in [1.165, 1.54) is 7.11 Å². The molecule has 0 aliphatic carbocycles. The highest BCUT2D eigenvalue weighted by Crippen LogP contribution is 2.31. The Morgan fingerprint density at radius 2 is 2.00 bits per heavy atom. The number of aryl methyl sites for hydroxylation is 1. The predicted molar refractivity (Wildman–Crippen MR) is 122 cm³/mol. The molecular weight excluding hydrogens is 434 g/mol. The number of aromatic nitrogens is 2. The molecule has 0 radical (unpaired) electrons. The van der Waals surface area contributed by atoms with Crippen LogP contribution in [0, 0.1) is 6.92 Å². The molecule has 2 heterocycles. The summed E-state index contributed by atoms with van der Waals surface area (Å²) in [7, 11) is 1.52. The summed E-state index contributed by atoms with van der Waals surface area (Å²) in [5.41, 5.74) is 1.46. The molecule has 9 nitrogen and oxygen atoms in total. The van der Waals surface area contributed by atoms with Crippen LogP contribution in [-0.4, -0.2) is 28.9 Å². The first-order valence-electron chi connectivity index (χ1n) is 9.77. The zero-order valence-electron chi connectivity index (χ0n) is 17.3. The number of para-hydroxylation sites is 2. The van der Waals surface area contributed by atoms with Crippen molar-refractivity contribution in [3.63, 3.8) is 0 Å². The highest BCUT2D eigenvalue weighted by atomic mass is 35.5. The van der Waals surface area contributed by atoms with Crippen LogP contribution in [0.4, 0.5) is 23.1 Å². The number of hydrogen-bond donors (Lipinski definition) is 4. The van der Waals surface area contributed by atoms with E-state index in [1.54, 1.807) is 42.5 Å². The summed E-state index contributed by atoms with van der Waals surface area (Å²) in [5.74, 6) is -1.24. The van der Waals surface area contributed by atoms with Gasteiger partial charge in [-0.1, -0.05) is 29.8 Å². The molecule has 164 valence electrons. The number of aromatic amines is 1. The van der Waals surface area contributed by atoms with Gasteiger partial charge in [-0.25, -0.2) is 0 Å². The quantitative estimate of drug-likeness (QED) is 0.468. The summed E-state index contributed by atoms with van der Waals surface area (Å²) in [6.45, 7) is 1.84. The van der Waals surface area contributed by atoms with Crippen molar-refractivity contribution in [3.8, 4) is 5.75 Å². The number of hydrogen-bond acceptors (Lipinski definition) is 6. The molecule has 1 atom stereocenters. The predicted octanol–water partition coefficient (Wildman–Crippen LogP) is 3.55. The van der Waals surface area contributed by atoms with E-state index in [4.69, 9.17) is 16.3 Å². The van der Waals surface area contributed by atoms with Gasteiger partial charge in [0, 0.05) is 17.1 Å². The Morgan fingerprint density at radius 3 is 2.75 bits per heavy atom. The second-order valence-electron chi connectivity index (χ2n) is 7.26. The van der Waals surface area contributed by atoms with Crippen LogP contribution in [0.1, 0.15) is 23.5 Å². The van der Waals surface area contributed by atoms with Crippen LogP contribution < -0.4 is 26.2 Å². The molecular formula is C22H20ClN5O4. The van der Waals surface area contributed by atoms with Crippen molar-refractivity contribution in [1.29, 1.82) is 0 Å². The molecule has 2 aromatic carbocycles. The average Bonchev–Trinajstić information content (AvgIpc) is 2.75. The number of halogens is 1. The van der Waals surface area contributed by atoms with Gasteiger partial charge in [-0.2, -0.15) is 4.98 Å². The molecule has 0 saturated carbocycles. The van der Waals surface area contributed by atoms with E-state index >= 15 is 0 Å². The molecule has 0 saturated heterocycles. The number of nitrogens with zero attached hydrogens (tertiary/aromatic N) is 1. The van der Waals surface area contributed by atoms with E-state index in [0.29, 0.717) is 22.1 Å². The first-order valence-corrected chi connectivity index (χ1v) is 10.1. The van der Waals surface area contributed by atoms with Crippen molar-refractivity contribution in [2.24, 2.45) is 0 Å². The number of H-pyrrole nitrogens is 1. The van der Waals surface area contributed by atoms with E-state index in [1.807, 2.05) is 6.92 Å². The minimum absolute atomic E-state index is 0.0319. The largest absolute Gasteiger partial charge is 0.495 e. The number of benzene rings is 2. The number of rotatable bonds is 5. The Bertz CT molecular complexity index is 1270. The van der Waals surface area contributed by atoms with Gasteiger partial charge >= 0.3 is 0 Å². The maximum absolute atomic E-state index is 12.9. The zero-order chi connectivity index (χ0) is 22.8. The molecule has 4 N–H and O–H groups in total. The number of carbonyl (C=O) groups excluding carboxylic acids is 2. The molecule has 0 spiro atoms. The second-order valence-corrected chi connectivity index (χ2v) is 7.67. The maximum atomic E-state index is 12.9. The number of anilines is 4. The molecule has 10 heteroatoms. The van der Waals surface area contributed by atoms with Gasteiger partial charge in [-0.05, 0) is 36.8 Å². The van der Waals surface area contributed by atoms with Gasteiger partial charge in [0.2, 0.25) is 17.8 Å². The summed E-state index contributed by atoms with van der Waals surface area (Å²) in [6.07, 6.45) is -0.178. The highest BCUT2D eigenvalue weighted by Gasteiger charge is 2.34. The van der Waals surface area contributed by atoms with Crippen LogP contribution in [-0.2, 0) is 9.59 Å². The summed E-state index contributed by atoms with van der Waals surface area (Å²) in [4.78, 5) is 45.0. The summed E-state index contributed by atoms with van der Waals surface area (Å²) in [5, 5.41) is 8.76. The number of carbonyl (C=O) groups is 2. The van der Waals surface area contributed by atoms with Crippen molar-refractivity contribution >= 4 is 46.6 Å². The van der Waals surface area contributed by atoms with E-state index in [9.17, 15) is 14.4 Å². The van der Waals surface area contributed by atoms with Crippen LogP contribution >= 0.6 is 11.6 Å². The molecule has 0 bridgehead atoms. The zero-order valence-corrected chi connectivity index (χ0v) is 18.0. The third-order valence-corrected chi connectivity index (χ3v) is 5.47. The van der Waals surface area contributed by atoms with Gasteiger partial charge in [-0.15, -0.1) is 0 Å². The summed E-state index contributed by atoms with van der Waals surface area (Å²) in [6, 6.07) is 12.2. The maximum Gasteiger partial charge on any atom is 0.258 e. The van der Waals surface area contributed by atoms with Crippen LogP contribution in [0.5, 0.6) is 5.75 Å². The molecule has 3 aromatic rings. The highest BCUT2D eigenvalue weighted by molar-refractivity contribution is 6.31. The Labute approximate surface area is 188 Å². The third kappa shape index (κ3) is 4.28. The Hall–Kier alpha value is -3.85. The lowest BCUT2D eigenvalue weighted by Crippen LogP contribution is -2.36. The number of methoxy groups -OCH3 is 1. The van der Waals surface area contributed by atoms with Gasteiger partial charge in [0.05, 0.1) is 24.3 Å². The van der Waals surface area contributed by atoms with E-state index < -0.39 is 23.3 Å². The molecule has 4 rings (SSSR count). The number of amides is 2. The first kappa shape index (κ1) is 21.4. The lowest BCUT2D eigenvalue weighted by molar-refractivity contribution is -0.123. The monoisotopic (exact) mass is 453 g/mol. The number of nitrogens with one attached hydrogen (secondary N) is 4. The number of ether oxygens (including phenoxy) is 1. The topological polar surface area (TPSA) is 125 Å². The first-order chi connectivity index (χ1) is 15.4. The second kappa shape index (κ2) is 8.72. The molecule has 1 unspecified atom stereocenters. The molecule has 32 heavy (non-hydrogen) atoms. The summed E-state index contributed by atoms with van der Waals surface area (Å²) < 4.78 is 5.28. The van der Waals surface area contributed by atoms with E-state index in [2.05, 4.69) is 25.9 Å². The fourth-order valence-electron chi connectivity index (χ4n) is 3.43. The molecule has 1 aliphatic heterocycles. The van der Waals surface area contributed by atoms with E-state index in [0.717, 1.165) is 5.56 Å². The average molecular weight is 454 g/mol. The Balaban J connectivity index is 1.64. The summed E-state index contributed by atoms with van der Waals surface area (Å²) >= 11 is 6.12. The van der Waals surface area contributed by atoms with Gasteiger partial charge in [0.25, 0.3) is 5.56 Å². The van der Waals surface area contributed by atoms with Crippen molar-refractivity contribution < 1.29 is 14.3 Å². The fourth-order valence-corrected chi connectivity index (χ4v) is 3.61. The van der Waals surface area contributed by atoms with Crippen LogP contribution in [0.15, 0.2) is 47.3 Å². The standard InChI is InChI=1S/C22H20ClN5O4/c1-11-7-8-12(9-14(11)23)24-20(30)13-10-17(29)26-19-18(13)21(31)28-22(27-19)25-15-5-3-4-6-16(15)32-2/h3-9,13H,10H2,1-2H3,(H,24,30)(H3,25,26,27,28,29,31). The van der Waals surface area contributed by atoms with Gasteiger partial charge in [0.1, 0.15) is 11.6 Å². The smallest absolute Gasteiger partial charge is 0.258 e. The molecule has 1 aromatic heterocycles. The van der Waals surface area contributed by atoms with Crippen LogP contribution in [0.3, 0.4) is 0 Å². The van der Waals surface area contributed by atoms with Gasteiger partial charge < -0.3 is 20.7 Å². The third-order valence-electron chi connectivity index (χ3n) is 5.07. The minimum atomic E-state index is -1.00. The number of fused-ring (bicyclic) bond motifs is 1. The Kier molecular flexibility index (Phi) is 5.83. The SMILES string of the molecule is COc1ccccc1Nc1nc2c(c(=O)[nH]1)C(C(=O)Nc1ccc(C)c(Cl)c1)CC(=O)N2. The molecule has 2 amide bonds. The van der Waals surface area contributed by atoms with Crippen LogP contribution in [0.2, 0.25) is 5.02 Å². The van der Waals surface area contributed by atoms with Gasteiger partial charge in [0.15, 0.2) is 0 Å². The normalized spacial score (nSPS) is 14.8. The fraction of sp³-hybridized carbons (Fsp3) is 0.182.